The first-order chi connectivity index (χ1) is 12.1. The van der Waals surface area contributed by atoms with Crippen LogP contribution in [-0.4, -0.2) is 19.1 Å². The molecule has 5 aromatic rings. The molecule has 0 spiro atoms. The van der Waals surface area contributed by atoms with E-state index < -0.39 is 0 Å². The number of benzene rings is 1. The average Bonchev–Trinajstić information content (AvgIpc) is 3.17. The van der Waals surface area contributed by atoms with Crippen molar-refractivity contribution in [3.05, 3.63) is 65.0 Å². The minimum Gasteiger partial charge on any atom is -0.350 e. The maximum absolute atomic E-state index is 13.0. The highest BCUT2D eigenvalue weighted by atomic mass is 32.1. The van der Waals surface area contributed by atoms with Crippen molar-refractivity contribution in [1.29, 1.82) is 0 Å². The summed E-state index contributed by atoms with van der Waals surface area (Å²) in [5.41, 5.74) is 3.71. The molecule has 0 saturated heterocycles. The van der Waals surface area contributed by atoms with E-state index >= 15 is 0 Å². The third-order valence-electron chi connectivity index (χ3n) is 4.55. The van der Waals surface area contributed by atoms with Crippen LogP contribution in [0.15, 0.2) is 53.8 Å². The molecule has 5 nitrogen and oxygen atoms in total. The first-order valence-electron chi connectivity index (χ1n) is 7.94. The van der Waals surface area contributed by atoms with Gasteiger partial charge < -0.3 is 4.57 Å². The molecule has 4 aromatic heterocycles. The smallest absolute Gasteiger partial charge is 0.275 e. The summed E-state index contributed by atoms with van der Waals surface area (Å²) in [6, 6.07) is 9.88. The largest absolute Gasteiger partial charge is 0.350 e. The SMILES string of the molecule is Cc1ccc(-n2cnc3c(sc4ncc5ccn(C)c5c43)c2=O)cc1. The number of fused-ring (bicyclic) bond motifs is 5. The van der Waals surface area contributed by atoms with Gasteiger partial charge in [-0.2, -0.15) is 0 Å². The van der Waals surface area contributed by atoms with Gasteiger partial charge in [0.2, 0.25) is 0 Å². The minimum absolute atomic E-state index is 0.0563. The van der Waals surface area contributed by atoms with Crippen LogP contribution in [0.4, 0.5) is 0 Å². The maximum atomic E-state index is 13.0. The zero-order valence-electron chi connectivity index (χ0n) is 13.7. The van der Waals surface area contributed by atoms with E-state index in [2.05, 4.69) is 14.5 Å². The fourth-order valence-corrected chi connectivity index (χ4v) is 4.28. The van der Waals surface area contributed by atoms with Crippen molar-refractivity contribution in [2.75, 3.05) is 0 Å². The number of aromatic nitrogens is 4. The van der Waals surface area contributed by atoms with Crippen LogP contribution in [0.1, 0.15) is 5.56 Å². The number of hydrogen-bond acceptors (Lipinski definition) is 4. The second kappa shape index (κ2) is 5.00. The van der Waals surface area contributed by atoms with Crippen LogP contribution < -0.4 is 5.56 Å². The summed E-state index contributed by atoms with van der Waals surface area (Å²) in [5, 5.41) is 2.01. The third kappa shape index (κ3) is 1.97. The van der Waals surface area contributed by atoms with E-state index in [0.29, 0.717) is 4.70 Å². The summed E-state index contributed by atoms with van der Waals surface area (Å²) in [4.78, 5) is 23.0. The van der Waals surface area contributed by atoms with Gasteiger partial charge in [0.25, 0.3) is 5.56 Å². The highest BCUT2D eigenvalue weighted by Crippen LogP contribution is 2.34. The highest BCUT2D eigenvalue weighted by Gasteiger charge is 2.17. The standard InChI is InChI=1S/C19H14N4OS/c1-11-3-5-13(6-4-11)23-10-21-15-14-16-12(7-8-22(16)2)9-20-18(14)25-17(15)19(23)24/h3-10H,1-2H3. The second-order valence-corrected chi connectivity index (χ2v) is 7.20. The Kier molecular flexibility index (Phi) is 2.87. The lowest BCUT2D eigenvalue weighted by atomic mass is 10.2. The van der Waals surface area contributed by atoms with Crippen LogP contribution in [0.5, 0.6) is 0 Å². The first-order valence-corrected chi connectivity index (χ1v) is 8.76. The van der Waals surface area contributed by atoms with Crippen molar-refractivity contribution in [2.24, 2.45) is 7.05 Å². The fourth-order valence-electron chi connectivity index (χ4n) is 3.25. The van der Waals surface area contributed by atoms with E-state index in [1.807, 2.05) is 56.7 Å². The van der Waals surface area contributed by atoms with Gasteiger partial charge in [0, 0.05) is 24.8 Å². The molecule has 0 amide bonds. The van der Waals surface area contributed by atoms with Gasteiger partial charge in [0.1, 0.15) is 21.4 Å². The van der Waals surface area contributed by atoms with Gasteiger partial charge in [-0.3, -0.25) is 9.36 Å². The van der Waals surface area contributed by atoms with Crippen LogP contribution in [0.25, 0.3) is 37.0 Å². The zero-order chi connectivity index (χ0) is 17.1. The minimum atomic E-state index is -0.0563. The Morgan fingerprint density at radius 2 is 1.88 bits per heavy atom. The van der Waals surface area contributed by atoms with Gasteiger partial charge in [-0.05, 0) is 25.1 Å². The Bertz CT molecular complexity index is 1330. The summed E-state index contributed by atoms with van der Waals surface area (Å²) in [6.45, 7) is 2.02. The Balaban J connectivity index is 1.89. The van der Waals surface area contributed by atoms with Crippen LogP contribution in [0.3, 0.4) is 0 Å². The summed E-state index contributed by atoms with van der Waals surface area (Å²) in [5.74, 6) is 0. The van der Waals surface area contributed by atoms with Crippen LogP contribution in [0.2, 0.25) is 0 Å². The van der Waals surface area contributed by atoms with Crippen LogP contribution in [-0.2, 0) is 7.05 Å². The van der Waals surface area contributed by atoms with E-state index in [4.69, 9.17) is 0 Å². The Labute approximate surface area is 146 Å². The number of aryl methyl sites for hydroxylation is 2. The molecule has 0 fully saturated rings. The molecule has 25 heavy (non-hydrogen) atoms. The van der Waals surface area contributed by atoms with Crippen LogP contribution in [0, 0.1) is 6.92 Å². The zero-order valence-corrected chi connectivity index (χ0v) is 14.5. The third-order valence-corrected chi connectivity index (χ3v) is 5.63. The Morgan fingerprint density at radius 1 is 1.08 bits per heavy atom. The molecule has 0 bridgehead atoms. The molecule has 122 valence electrons. The molecule has 4 heterocycles. The van der Waals surface area contributed by atoms with Crippen molar-refractivity contribution >= 4 is 42.7 Å². The summed E-state index contributed by atoms with van der Waals surface area (Å²) >= 11 is 1.41. The average molecular weight is 346 g/mol. The number of nitrogens with zero attached hydrogens (tertiary/aromatic N) is 4. The molecule has 1 aromatic carbocycles. The maximum Gasteiger partial charge on any atom is 0.275 e. The predicted molar refractivity (Wildman–Crippen MR) is 102 cm³/mol. The van der Waals surface area contributed by atoms with Crippen LogP contribution >= 0.6 is 11.3 Å². The molecular formula is C19H14N4OS. The van der Waals surface area contributed by atoms with Crippen molar-refractivity contribution < 1.29 is 0 Å². The Morgan fingerprint density at radius 3 is 2.68 bits per heavy atom. The number of rotatable bonds is 1. The van der Waals surface area contributed by atoms with E-state index in [1.165, 1.54) is 11.3 Å². The molecule has 0 aliphatic rings. The molecule has 6 heteroatoms. The van der Waals surface area contributed by atoms with E-state index in [9.17, 15) is 4.79 Å². The summed E-state index contributed by atoms with van der Waals surface area (Å²) in [6.07, 6.45) is 5.47. The van der Waals surface area contributed by atoms with E-state index in [0.717, 1.165) is 37.9 Å². The van der Waals surface area contributed by atoms with Gasteiger partial charge in [-0.15, -0.1) is 11.3 Å². The summed E-state index contributed by atoms with van der Waals surface area (Å²) < 4.78 is 4.29. The fraction of sp³-hybridized carbons (Fsp3) is 0.105. The van der Waals surface area contributed by atoms with Gasteiger partial charge in [0.15, 0.2) is 0 Å². The molecule has 0 N–H and O–H groups in total. The molecule has 0 aliphatic heterocycles. The molecule has 0 unspecified atom stereocenters. The molecular weight excluding hydrogens is 332 g/mol. The lowest BCUT2D eigenvalue weighted by Crippen LogP contribution is -2.17. The number of hydrogen-bond donors (Lipinski definition) is 0. The second-order valence-electron chi connectivity index (χ2n) is 6.20. The lowest BCUT2D eigenvalue weighted by Gasteiger charge is -2.05. The molecule has 0 radical (unpaired) electrons. The topological polar surface area (TPSA) is 52.7 Å². The van der Waals surface area contributed by atoms with E-state index in [-0.39, 0.29) is 5.56 Å². The number of thiophene rings is 1. The van der Waals surface area contributed by atoms with Gasteiger partial charge in [-0.25, -0.2) is 9.97 Å². The first kappa shape index (κ1) is 14.4. The number of pyridine rings is 1. The van der Waals surface area contributed by atoms with Crippen molar-refractivity contribution in [1.82, 2.24) is 19.1 Å². The monoisotopic (exact) mass is 346 g/mol. The van der Waals surface area contributed by atoms with Gasteiger partial charge in [-0.1, -0.05) is 17.7 Å². The van der Waals surface area contributed by atoms with E-state index in [1.54, 1.807) is 10.9 Å². The Hall–Kier alpha value is -2.99. The quantitative estimate of drug-likeness (QED) is 0.464. The predicted octanol–water partition coefficient (Wildman–Crippen LogP) is 3.80. The van der Waals surface area contributed by atoms with Gasteiger partial charge in [0.05, 0.1) is 16.6 Å². The normalized spacial score (nSPS) is 11.8. The van der Waals surface area contributed by atoms with Crippen molar-refractivity contribution in [2.45, 2.75) is 6.92 Å². The highest BCUT2D eigenvalue weighted by molar-refractivity contribution is 7.25. The molecule has 0 saturated carbocycles. The van der Waals surface area contributed by atoms with Crippen molar-refractivity contribution in [3.8, 4) is 5.69 Å². The lowest BCUT2D eigenvalue weighted by molar-refractivity contribution is 0.964. The molecule has 0 aliphatic carbocycles. The summed E-state index contributed by atoms with van der Waals surface area (Å²) in [7, 11) is 2.00. The van der Waals surface area contributed by atoms with Gasteiger partial charge >= 0.3 is 0 Å². The van der Waals surface area contributed by atoms with Crippen molar-refractivity contribution in [3.63, 3.8) is 0 Å². The molecule has 5 rings (SSSR count). The molecule has 0 atom stereocenters.